The molecule has 0 radical (unpaired) electrons. The average Bonchev–Trinajstić information content (AvgIpc) is 3.09. The van der Waals surface area contributed by atoms with Gasteiger partial charge in [-0.1, -0.05) is 28.9 Å². The van der Waals surface area contributed by atoms with Gasteiger partial charge in [-0.3, -0.25) is 0 Å². The summed E-state index contributed by atoms with van der Waals surface area (Å²) in [6.45, 7) is 0.147. The van der Waals surface area contributed by atoms with Crippen LogP contribution >= 0.6 is 11.6 Å². The Balaban J connectivity index is 1.77. The summed E-state index contributed by atoms with van der Waals surface area (Å²) in [4.78, 5) is 4.32. The summed E-state index contributed by atoms with van der Waals surface area (Å²) in [6.07, 6.45) is 0. The highest BCUT2D eigenvalue weighted by Gasteiger charge is 2.12. The summed E-state index contributed by atoms with van der Waals surface area (Å²) in [6, 6.07) is 12.5. The number of ether oxygens (including phenoxy) is 3. The number of halogens is 1. The van der Waals surface area contributed by atoms with E-state index in [1.807, 2.05) is 12.1 Å². The van der Waals surface area contributed by atoms with Gasteiger partial charge in [-0.25, -0.2) is 0 Å². The minimum absolute atomic E-state index is 0.147. The number of methoxy groups -OCH3 is 2. The maximum absolute atomic E-state index is 6.04. The molecule has 0 atom stereocenters. The second-order valence-electron chi connectivity index (χ2n) is 4.84. The lowest BCUT2D eigenvalue weighted by molar-refractivity contribution is 0.287. The van der Waals surface area contributed by atoms with Gasteiger partial charge in [-0.05, 0) is 24.3 Å². The van der Waals surface area contributed by atoms with E-state index < -0.39 is 0 Å². The van der Waals surface area contributed by atoms with Gasteiger partial charge in [0.15, 0.2) is 6.61 Å². The molecule has 0 N–H and O–H groups in total. The normalized spacial score (nSPS) is 10.5. The zero-order valence-electron chi connectivity index (χ0n) is 13.2. The first-order chi connectivity index (χ1) is 11.7. The first kappa shape index (κ1) is 16.1. The lowest BCUT2D eigenvalue weighted by atomic mass is 10.2. The van der Waals surface area contributed by atoms with Gasteiger partial charge in [0.25, 0.3) is 5.89 Å². The fourth-order valence-electron chi connectivity index (χ4n) is 2.06. The summed E-state index contributed by atoms with van der Waals surface area (Å²) in [5.74, 6) is 2.60. The summed E-state index contributed by atoms with van der Waals surface area (Å²) < 4.78 is 21.3. The Kier molecular flexibility index (Phi) is 4.86. The first-order valence-corrected chi connectivity index (χ1v) is 7.50. The van der Waals surface area contributed by atoms with Crippen LogP contribution in [0.4, 0.5) is 0 Å². The Morgan fingerprint density at radius 3 is 2.42 bits per heavy atom. The van der Waals surface area contributed by atoms with Gasteiger partial charge >= 0.3 is 0 Å². The highest BCUT2D eigenvalue weighted by atomic mass is 35.5. The number of nitrogens with zero attached hydrogens (tertiary/aromatic N) is 2. The summed E-state index contributed by atoms with van der Waals surface area (Å²) in [7, 11) is 3.16. The monoisotopic (exact) mass is 346 g/mol. The lowest BCUT2D eigenvalue weighted by Gasteiger charge is -2.05. The van der Waals surface area contributed by atoms with Gasteiger partial charge in [-0.2, -0.15) is 4.98 Å². The molecule has 7 heteroatoms. The number of hydrogen-bond acceptors (Lipinski definition) is 6. The van der Waals surface area contributed by atoms with Crippen molar-refractivity contribution in [3.63, 3.8) is 0 Å². The minimum atomic E-state index is 0.147. The van der Waals surface area contributed by atoms with Crippen molar-refractivity contribution in [1.29, 1.82) is 0 Å². The van der Waals surface area contributed by atoms with E-state index in [0.29, 0.717) is 39.5 Å². The van der Waals surface area contributed by atoms with E-state index in [-0.39, 0.29) is 6.61 Å². The molecule has 0 amide bonds. The van der Waals surface area contributed by atoms with E-state index >= 15 is 0 Å². The van der Waals surface area contributed by atoms with E-state index in [0.717, 1.165) is 0 Å². The van der Waals surface area contributed by atoms with E-state index in [1.165, 1.54) is 0 Å². The standard InChI is InChI=1S/C17H15ClN2O4/c1-21-12-7-11(8-13(9-12)22-2)17-19-16(20-24-17)10-23-15-6-4-3-5-14(15)18/h3-9H,10H2,1-2H3. The molecule has 2 aromatic carbocycles. The molecule has 3 aromatic rings. The van der Waals surface area contributed by atoms with Crippen molar-refractivity contribution in [3.05, 3.63) is 53.3 Å². The third-order valence-electron chi connectivity index (χ3n) is 3.26. The van der Waals surface area contributed by atoms with Crippen LogP contribution in [0.3, 0.4) is 0 Å². The third-order valence-corrected chi connectivity index (χ3v) is 3.57. The largest absolute Gasteiger partial charge is 0.497 e. The number of hydrogen-bond donors (Lipinski definition) is 0. The van der Waals surface area contributed by atoms with Crippen LogP contribution in [0.25, 0.3) is 11.5 Å². The van der Waals surface area contributed by atoms with Crippen molar-refractivity contribution in [3.8, 4) is 28.7 Å². The van der Waals surface area contributed by atoms with Gasteiger partial charge in [0, 0.05) is 11.6 Å². The van der Waals surface area contributed by atoms with Crippen LogP contribution in [0.15, 0.2) is 47.0 Å². The van der Waals surface area contributed by atoms with Gasteiger partial charge in [0.2, 0.25) is 5.82 Å². The van der Waals surface area contributed by atoms with E-state index in [4.69, 9.17) is 30.3 Å². The highest BCUT2D eigenvalue weighted by molar-refractivity contribution is 6.32. The van der Waals surface area contributed by atoms with Crippen LogP contribution in [0, 0.1) is 0 Å². The Morgan fingerprint density at radius 2 is 1.75 bits per heavy atom. The molecular formula is C17H15ClN2O4. The van der Waals surface area contributed by atoms with Crippen LogP contribution in [-0.2, 0) is 6.61 Å². The van der Waals surface area contributed by atoms with E-state index in [2.05, 4.69) is 10.1 Å². The molecule has 0 spiro atoms. The molecule has 124 valence electrons. The second kappa shape index (κ2) is 7.23. The van der Waals surface area contributed by atoms with Gasteiger partial charge in [0.05, 0.1) is 19.2 Å². The molecule has 6 nitrogen and oxygen atoms in total. The summed E-state index contributed by atoms with van der Waals surface area (Å²) >= 11 is 6.04. The summed E-state index contributed by atoms with van der Waals surface area (Å²) in [5.41, 5.74) is 0.697. The number of benzene rings is 2. The molecule has 3 rings (SSSR count). The Hall–Kier alpha value is -2.73. The topological polar surface area (TPSA) is 66.6 Å². The molecule has 0 saturated heterocycles. The fourth-order valence-corrected chi connectivity index (χ4v) is 2.26. The van der Waals surface area contributed by atoms with Crippen molar-refractivity contribution >= 4 is 11.6 Å². The number of para-hydroxylation sites is 1. The van der Waals surface area contributed by atoms with Crippen LogP contribution in [0.1, 0.15) is 5.82 Å². The molecule has 0 aliphatic carbocycles. The number of rotatable bonds is 6. The molecule has 1 heterocycles. The van der Waals surface area contributed by atoms with E-state index in [9.17, 15) is 0 Å². The fraction of sp³-hybridized carbons (Fsp3) is 0.176. The quantitative estimate of drug-likeness (QED) is 0.672. The van der Waals surface area contributed by atoms with Gasteiger partial charge < -0.3 is 18.7 Å². The van der Waals surface area contributed by atoms with Crippen LogP contribution in [-0.4, -0.2) is 24.4 Å². The van der Waals surface area contributed by atoms with Crippen molar-refractivity contribution in [2.24, 2.45) is 0 Å². The van der Waals surface area contributed by atoms with Gasteiger partial charge in [-0.15, -0.1) is 0 Å². The highest BCUT2D eigenvalue weighted by Crippen LogP contribution is 2.29. The molecule has 0 aliphatic heterocycles. The molecule has 0 unspecified atom stereocenters. The van der Waals surface area contributed by atoms with Crippen LogP contribution in [0.5, 0.6) is 17.2 Å². The predicted molar refractivity (Wildman–Crippen MR) is 88.6 cm³/mol. The Labute approximate surface area is 143 Å². The summed E-state index contributed by atoms with van der Waals surface area (Å²) in [5, 5.41) is 4.44. The maximum Gasteiger partial charge on any atom is 0.258 e. The predicted octanol–water partition coefficient (Wildman–Crippen LogP) is 3.99. The molecule has 0 bridgehead atoms. The molecule has 0 fully saturated rings. The molecular weight excluding hydrogens is 332 g/mol. The van der Waals surface area contributed by atoms with E-state index in [1.54, 1.807) is 44.6 Å². The first-order valence-electron chi connectivity index (χ1n) is 7.13. The lowest BCUT2D eigenvalue weighted by Crippen LogP contribution is -1.98. The molecule has 0 saturated carbocycles. The SMILES string of the molecule is COc1cc(OC)cc(-c2nc(COc3ccccc3Cl)no2)c1. The number of aromatic nitrogens is 2. The maximum atomic E-state index is 6.04. The molecule has 1 aromatic heterocycles. The average molecular weight is 347 g/mol. The van der Waals surface area contributed by atoms with Crippen LogP contribution in [0.2, 0.25) is 5.02 Å². The third kappa shape index (κ3) is 3.60. The zero-order chi connectivity index (χ0) is 16.9. The Morgan fingerprint density at radius 1 is 1.04 bits per heavy atom. The second-order valence-corrected chi connectivity index (χ2v) is 5.24. The molecule has 24 heavy (non-hydrogen) atoms. The van der Waals surface area contributed by atoms with Crippen molar-refractivity contribution < 1.29 is 18.7 Å². The minimum Gasteiger partial charge on any atom is -0.497 e. The molecule has 0 aliphatic rings. The van der Waals surface area contributed by atoms with Crippen molar-refractivity contribution in [2.75, 3.05) is 14.2 Å². The van der Waals surface area contributed by atoms with Gasteiger partial charge in [0.1, 0.15) is 17.2 Å². The smallest absolute Gasteiger partial charge is 0.258 e. The Bertz CT molecular complexity index is 813. The van der Waals surface area contributed by atoms with Crippen molar-refractivity contribution in [2.45, 2.75) is 6.61 Å². The zero-order valence-corrected chi connectivity index (χ0v) is 13.9. The van der Waals surface area contributed by atoms with Crippen molar-refractivity contribution in [1.82, 2.24) is 10.1 Å². The van der Waals surface area contributed by atoms with Crippen LogP contribution < -0.4 is 14.2 Å².